The summed E-state index contributed by atoms with van der Waals surface area (Å²) in [6, 6.07) is 14.5. The molecule has 0 aliphatic rings. The van der Waals surface area contributed by atoms with Crippen molar-refractivity contribution >= 4 is 23.2 Å². The molecule has 0 aromatic heterocycles. The van der Waals surface area contributed by atoms with Crippen molar-refractivity contribution in [3.63, 3.8) is 0 Å². The van der Waals surface area contributed by atoms with Gasteiger partial charge in [-0.25, -0.2) is 0 Å². The molecule has 3 heteroatoms. The highest BCUT2D eigenvalue weighted by Crippen LogP contribution is 2.21. The lowest BCUT2D eigenvalue weighted by Crippen LogP contribution is -2.27. The Kier molecular flexibility index (Phi) is 5.47. The van der Waals surface area contributed by atoms with E-state index >= 15 is 0 Å². The van der Waals surface area contributed by atoms with Crippen molar-refractivity contribution < 1.29 is 0 Å². The van der Waals surface area contributed by atoms with Gasteiger partial charge in [0, 0.05) is 22.6 Å². The number of hydrogen-bond acceptors (Lipinski definition) is 1. The van der Waals surface area contributed by atoms with Crippen molar-refractivity contribution in [3.8, 4) is 0 Å². The molecule has 0 aliphatic carbocycles. The molecule has 2 rings (SSSR count). The van der Waals surface area contributed by atoms with Gasteiger partial charge in [-0.3, -0.25) is 0 Å². The number of halogens is 2. The Bertz CT molecular complexity index is 581. The van der Waals surface area contributed by atoms with E-state index in [1.807, 2.05) is 12.1 Å². The zero-order chi connectivity index (χ0) is 14.5. The zero-order valence-corrected chi connectivity index (χ0v) is 13.3. The summed E-state index contributed by atoms with van der Waals surface area (Å²) >= 11 is 12.1. The fraction of sp³-hybridized carbons (Fsp3) is 0.294. The smallest absolute Gasteiger partial charge is 0.0465 e. The van der Waals surface area contributed by atoms with E-state index < -0.39 is 0 Å². The minimum Gasteiger partial charge on any atom is -0.310 e. The lowest BCUT2D eigenvalue weighted by molar-refractivity contribution is 0.544. The van der Waals surface area contributed by atoms with Crippen molar-refractivity contribution in [2.75, 3.05) is 0 Å². The first-order chi connectivity index (χ1) is 9.56. The van der Waals surface area contributed by atoms with Gasteiger partial charge in [0.25, 0.3) is 0 Å². The molecule has 106 valence electrons. The second-order valence-electron chi connectivity index (χ2n) is 5.15. The van der Waals surface area contributed by atoms with Crippen LogP contribution in [-0.2, 0) is 13.0 Å². The quantitative estimate of drug-likeness (QED) is 0.817. The minimum absolute atomic E-state index is 0.392. The maximum atomic E-state index is 6.17. The molecular weight excluding hydrogens is 289 g/mol. The van der Waals surface area contributed by atoms with Crippen LogP contribution in [0.1, 0.15) is 23.6 Å². The van der Waals surface area contributed by atoms with Gasteiger partial charge in [-0.05, 0) is 49.1 Å². The largest absolute Gasteiger partial charge is 0.310 e. The van der Waals surface area contributed by atoms with Crippen LogP contribution in [0.25, 0.3) is 0 Å². The number of rotatable bonds is 5. The number of nitrogens with one attached hydrogen (secondary N) is 1. The lowest BCUT2D eigenvalue weighted by atomic mass is 10.0. The second kappa shape index (κ2) is 7.12. The van der Waals surface area contributed by atoms with E-state index in [2.05, 4.69) is 43.4 Å². The number of hydrogen-bond donors (Lipinski definition) is 1. The number of benzene rings is 2. The Morgan fingerprint density at radius 3 is 2.50 bits per heavy atom. The molecule has 2 aromatic carbocycles. The topological polar surface area (TPSA) is 12.0 Å². The second-order valence-corrected chi connectivity index (χ2v) is 5.99. The Morgan fingerprint density at radius 2 is 1.80 bits per heavy atom. The average Bonchev–Trinajstić information content (AvgIpc) is 2.40. The van der Waals surface area contributed by atoms with E-state index in [1.54, 1.807) is 6.07 Å². The average molecular weight is 308 g/mol. The van der Waals surface area contributed by atoms with Gasteiger partial charge in [-0.15, -0.1) is 0 Å². The van der Waals surface area contributed by atoms with Gasteiger partial charge in [-0.1, -0.05) is 53.5 Å². The minimum atomic E-state index is 0.392. The van der Waals surface area contributed by atoms with Gasteiger partial charge < -0.3 is 5.32 Å². The lowest BCUT2D eigenvalue weighted by Gasteiger charge is -2.16. The van der Waals surface area contributed by atoms with Crippen LogP contribution in [0.4, 0.5) is 0 Å². The molecule has 1 unspecified atom stereocenters. The Morgan fingerprint density at radius 1 is 1.05 bits per heavy atom. The van der Waals surface area contributed by atoms with Gasteiger partial charge in [0.15, 0.2) is 0 Å². The molecule has 0 bridgehead atoms. The van der Waals surface area contributed by atoms with E-state index in [0.29, 0.717) is 16.1 Å². The first-order valence-corrected chi connectivity index (χ1v) is 7.53. The predicted octanol–water partition coefficient (Wildman–Crippen LogP) is 5.02. The molecule has 0 saturated heterocycles. The summed E-state index contributed by atoms with van der Waals surface area (Å²) in [5, 5.41) is 4.90. The summed E-state index contributed by atoms with van der Waals surface area (Å²) < 4.78 is 0. The van der Waals surface area contributed by atoms with Crippen LogP contribution in [-0.4, -0.2) is 6.04 Å². The van der Waals surface area contributed by atoms with E-state index in [4.69, 9.17) is 23.2 Å². The fourth-order valence-corrected chi connectivity index (χ4v) is 2.67. The monoisotopic (exact) mass is 307 g/mol. The van der Waals surface area contributed by atoms with E-state index in [-0.39, 0.29) is 0 Å². The maximum Gasteiger partial charge on any atom is 0.0465 e. The molecule has 0 heterocycles. The molecule has 1 N–H and O–H groups in total. The molecule has 1 nitrogen and oxygen atoms in total. The SMILES string of the molecule is Cc1ccccc1CC(C)NCc1ccc(Cl)cc1Cl. The van der Waals surface area contributed by atoms with Gasteiger partial charge in [-0.2, -0.15) is 0 Å². The van der Waals surface area contributed by atoms with Crippen LogP contribution in [0.5, 0.6) is 0 Å². The Labute approximate surface area is 130 Å². The predicted molar refractivity (Wildman–Crippen MR) is 87.6 cm³/mol. The highest BCUT2D eigenvalue weighted by Gasteiger charge is 2.07. The third-order valence-corrected chi connectivity index (χ3v) is 4.03. The van der Waals surface area contributed by atoms with Crippen molar-refractivity contribution in [1.82, 2.24) is 5.32 Å². The molecule has 1 atom stereocenters. The summed E-state index contributed by atoms with van der Waals surface area (Å²) in [5.74, 6) is 0. The Hall–Kier alpha value is -1.02. The van der Waals surface area contributed by atoms with Crippen LogP contribution in [0.3, 0.4) is 0 Å². The van der Waals surface area contributed by atoms with E-state index in [0.717, 1.165) is 18.5 Å². The Balaban J connectivity index is 1.92. The van der Waals surface area contributed by atoms with Crippen LogP contribution in [0.15, 0.2) is 42.5 Å². The molecule has 2 aromatic rings. The molecule has 0 radical (unpaired) electrons. The fourth-order valence-electron chi connectivity index (χ4n) is 2.19. The van der Waals surface area contributed by atoms with Crippen molar-refractivity contribution in [1.29, 1.82) is 0 Å². The summed E-state index contributed by atoms with van der Waals surface area (Å²) in [6.45, 7) is 5.09. The molecule has 20 heavy (non-hydrogen) atoms. The maximum absolute atomic E-state index is 6.17. The van der Waals surface area contributed by atoms with Gasteiger partial charge in [0.2, 0.25) is 0 Å². The van der Waals surface area contributed by atoms with E-state index in [1.165, 1.54) is 11.1 Å². The molecular formula is C17H19Cl2N. The van der Waals surface area contributed by atoms with Crippen molar-refractivity contribution in [2.45, 2.75) is 32.9 Å². The standard InChI is InChI=1S/C17H19Cl2N/c1-12-5-3-4-6-14(12)9-13(2)20-11-15-7-8-16(18)10-17(15)19/h3-8,10,13,20H,9,11H2,1-2H3. The summed E-state index contributed by atoms with van der Waals surface area (Å²) in [7, 11) is 0. The molecule has 0 spiro atoms. The first kappa shape index (κ1) is 15.4. The summed E-state index contributed by atoms with van der Waals surface area (Å²) in [5.41, 5.74) is 3.80. The summed E-state index contributed by atoms with van der Waals surface area (Å²) in [4.78, 5) is 0. The van der Waals surface area contributed by atoms with Gasteiger partial charge >= 0.3 is 0 Å². The molecule has 0 saturated carbocycles. The van der Waals surface area contributed by atoms with Crippen LogP contribution >= 0.6 is 23.2 Å². The molecule has 0 amide bonds. The zero-order valence-electron chi connectivity index (χ0n) is 11.8. The highest BCUT2D eigenvalue weighted by molar-refractivity contribution is 6.35. The van der Waals surface area contributed by atoms with Gasteiger partial charge in [0.1, 0.15) is 0 Å². The molecule has 0 fully saturated rings. The van der Waals surface area contributed by atoms with E-state index in [9.17, 15) is 0 Å². The first-order valence-electron chi connectivity index (χ1n) is 6.78. The summed E-state index contributed by atoms with van der Waals surface area (Å²) in [6.07, 6.45) is 1.01. The highest BCUT2D eigenvalue weighted by atomic mass is 35.5. The normalized spacial score (nSPS) is 12.4. The van der Waals surface area contributed by atoms with Crippen LogP contribution in [0, 0.1) is 6.92 Å². The number of aryl methyl sites for hydroxylation is 1. The molecule has 0 aliphatic heterocycles. The van der Waals surface area contributed by atoms with Crippen LogP contribution in [0.2, 0.25) is 10.0 Å². The van der Waals surface area contributed by atoms with Gasteiger partial charge in [0.05, 0.1) is 0 Å². The third-order valence-electron chi connectivity index (χ3n) is 3.44. The van der Waals surface area contributed by atoms with Crippen molar-refractivity contribution in [3.05, 3.63) is 69.2 Å². The van der Waals surface area contributed by atoms with Crippen molar-refractivity contribution in [2.24, 2.45) is 0 Å². The van der Waals surface area contributed by atoms with Crippen LogP contribution < -0.4 is 5.32 Å². The third kappa shape index (κ3) is 4.24.